The van der Waals surface area contributed by atoms with Crippen molar-refractivity contribution in [1.29, 1.82) is 0 Å². The lowest BCUT2D eigenvalue weighted by Crippen LogP contribution is -3.19. The average Bonchev–Trinajstić information content (AvgIpc) is 3.00. The van der Waals surface area contributed by atoms with Crippen LogP contribution in [0, 0.1) is 11.6 Å². The highest BCUT2D eigenvalue weighted by molar-refractivity contribution is 6.05. The highest BCUT2D eigenvalue weighted by Crippen LogP contribution is 2.27. The van der Waals surface area contributed by atoms with Crippen molar-refractivity contribution in [2.24, 2.45) is 0 Å². The molecule has 0 radical (unpaired) electrons. The van der Waals surface area contributed by atoms with Gasteiger partial charge < -0.3 is 9.84 Å². The molecule has 1 unspecified atom stereocenters. The van der Waals surface area contributed by atoms with Crippen molar-refractivity contribution in [3.05, 3.63) is 34.7 Å². The summed E-state index contributed by atoms with van der Waals surface area (Å²) in [6.45, 7) is 2.55. The number of imide groups is 1. The minimum absolute atomic E-state index is 0.0958. The molecule has 0 aromatic carbocycles. The van der Waals surface area contributed by atoms with Gasteiger partial charge in [0.05, 0.1) is 31.6 Å². The van der Waals surface area contributed by atoms with Gasteiger partial charge in [-0.25, -0.2) is 14.5 Å². The number of hydrogen-bond acceptors (Lipinski definition) is 6. The minimum atomic E-state index is -0.401. The molecule has 0 saturated carbocycles. The fourth-order valence-electron chi connectivity index (χ4n) is 2.95. The number of aromatic nitrogens is 3. The standard InChI is InChI=1S/C17H21ClN5O4/c1-3-27-16-20-14-13(23(16)10-12-6-5-11(18)9-19-12)15(25)22(7-4-8-24)17(26)21(14)2/h5-6,9,18,24H,3-4,7-8,10H2,1-2H3/q+1/p+1. The molecule has 2 N–H and O–H groups in total. The maximum absolute atomic E-state index is 13.0. The van der Waals surface area contributed by atoms with Crippen molar-refractivity contribution in [3.8, 4) is 6.01 Å². The Morgan fingerprint density at radius 1 is 1.33 bits per heavy atom. The van der Waals surface area contributed by atoms with Crippen LogP contribution in [0.15, 0.2) is 18.3 Å². The normalized spacial score (nSPS) is 16.6. The number of urea groups is 1. The number of ether oxygens (including phenoxy) is 1. The Kier molecular flexibility index (Phi) is 5.73. The maximum atomic E-state index is 13.0. The first-order valence-corrected chi connectivity index (χ1v) is 9.03. The van der Waals surface area contributed by atoms with E-state index in [1.165, 1.54) is 4.90 Å². The SMILES string of the molecule is CCOc1nc2c(n1Cc1ccc([ClH+])cn1)C(=O)[NH+](CCCO)C(=O)N2C. The van der Waals surface area contributed by atoms with Crippen LogP contribution in [0.2, 0.25) is 5.02 Å². The monoisotopic (exact) mass is 395 g/mol. The van der Waals surface area contributed by atoms with Crippen LogP contribution in [0.1, 0.15) is 29.5 Å². The summed E-state index contributed by atoms with van der Waals surface area (Å²) in [5.74, 6) is -0.124. The zero-order chi connectivity index (χ0) is 19.6. The molecule has 3 heterocycles. The van der Waals surface area contributed by atoms with Gasteiger partial charge in [0.25, 0.3) is 6.01 Å². The molecule has 144 valence electrons. The number of halogens is 1. The summed E-state index contributed by atoms with van der Waals surface area (Å²) in [6, 6.07) is 3.39. The van der Waals surface area contributed by atoms with Gasteiger partial charge in [0.15, 0.2) is 23.1 Å². The number of imidazole rings is 1. The lowest BCUT2D eigenvalue weighted by atomic mass is 10.2. The number of hydrogen-bond donors (Lipinski definition) is 2. The van der Waals surface area contributed by atoms with Gasteiger partial charge in [-0.3, -0.25) is 9.55 Å². The van der Waals surface area contributed by atoms with E-state index in [4.69, 9.17) is 21.4 Å². The molecular weight excluding hydrogens is 374 g/mol. The fourth-order valence-corrected chi connectivity index (χ4v) is 3.07. The van der Waals surface area contributed by atoms with Crippen molar-refractivity contribution in [3.63, 3.8) is 0 Å². The number of quaternary nitrogens is 1. The molecule has 0 bridgehead atoms. The number of pyridine rings is 1. The molecule has 2 aromatic rings. The molecule has 3 rings (SSSR count). The number of carbonyl (C=O) groups excluding carboxylic acids is 2. The number of fused-ring (bicyclic) bond motifs is 1. The second-order valence-electron chi connectivity index (χ2n) is 6.07. The Labute approximate surface area is 161 Å². The summed E-state index contributed by atoms with van der Waals surface area (Å²) < 4.78 is 7.23. The summed E-state index contributed by atoms with van der Waals surface area (Å²) in [6.07, 6.45) is 1.91. The molecule has 0 spiro atoms. The third kappa shape index (κ3) is 3.66. The Balaban J connectivity index is 2.05. The van der Waals surface area contributed by atoms with Gasteiger partial charge in [0.1, 0.15) is 0 Å². The molecule has 3 amide bonds. The molecule has 27 heavy (non-hydrogen) atoms. The van der Waals surface area contributed by atoms with E-state index >= 15 is 0 Å². The van der Waals surface area contributed by atoms with Crippen LogP contribution in [0.25, 0.3) is 0 Å². The van der Waals surface area contributed by atoms with Crippen LogP contribution in [0.3, 0.4) is 0 Å². The van der Waals surface area contributed by atoms with Crippen molar-refractivity contribution in [1.82, 2.24) is 14.5 Å². The lowest BCUT2D eigenvalue weighted by Gasteiger charge is -2.25. The largest absolute Gasteiger partial charge is 0.465 e. The Morgan fingerprint density at radius 2 is 2.11 bits per heavy atom. The van der Waals surface area contributed by atoms with E-state index in [0.29, 0.717) is 23.7 Å². The Morgan fingerprint density at radius 3 is 2.74 bits per heavy atom. The van der Waals surface area contributed by atoms with Crippen LogP contribution in [0.5, 0.6) is 6.01 Å². The molecule has 10 heteroatoms. The predicted molar refractivity (Wildman–Crippen MR) is 92.9 cm³/mol. The molecule has 1 atom stereocenters. The smallest absolute Gasteiger partial charge is 0.430 e. The van der Waals surface area contributed by atoms with Crippen molar-refractivity contribution >= 4 is 17.8 Å². The quantitative estimate of drug-likeness (QED) is 0.649. The zero-order valence-electron chi connectivity index (χ0n) is 15.1. The fraction of sp³-hybridized carbons (Fsp3) is 0.412. The van der Waals surface area contributed by atoms with Gasteiger partial charge in [-0.2, -0.15) is 9.88 Å². The summed E-state index contributed by atoms with van der Waals surface area (Å²) in [5, 5.41) is 9.70. The zero-order valence-corrected chi connectivity index (χ0v) is 16.0. The summed E-state index contributed by atoms with van der Waals surface area (Å²) >= 11 is 5.06. The molecule has 0 fully saturated rings. The highest BCUT2D eigenvalue weighted by Gasteiger charge is 2.45. The minimum Gasteiger partial charge on any atom is -0.465 e. The van der Waals surface area contributed by atoms with E-state index in [-0.39, 0.29) is 48.0 Å². The average molecular weight is 396 g/mol. The Bertz CT molecular complexity index is 852. The summed E-state index contributed by atoms with van der Waals surface area (Å²) in [4.78, 5) is 35.7. The van der Waals surface area contributed by atoms with E-state index in [2.05, 4.69) is 9.97 Å². The van der Waals surface area contributed by atoms with Crippen molar-refractivity contribution in [2.75, 3.05) is 31.7 Å². The van der Waals surface area contributed by atoms with Crippen LogP contribution in [-0.4, -0.2) is 58.4 Å². The van der Waals surface area contributed by atoms with Gasteiger partial charge >= 0.3 is 11.9 Å². The van der Waals surface area contributed by atoms with Gasteiger partial charge in [-0.05, 0) is 13.0 Å². The van der Waals surface area contributed by atoms with Gasteiger partial charge in [-0.15, -0.1) is 0 Å². The summed E-state index contributed by atoms with van der Waals surface area (Å²) in [7, 11) is 1.57. The number of nitrogens with one attached hydrogen (secondary N) is 1. The van der Waals surface area contributed by atoms with Crippen LogP contribution in [-0.2, 0) is 6.54 Å². The molecule has 0 aliphatic carbocycles. The maximum Gasteiger partial charge on any atom is 0.430 e. The van der Waals surface area contributed by atoms with E-state index in [9.17, 15) is 9.59 Å². The number of aliphatic hydroxyl groups is 1. The first kappa shape index (κ1) is 19.3. The summed E-state index contributed by atoms with van der Waals surface area (Å²) in [5.41, 5.74) is 0.978. The van der Waals surface area contributed by atoms with Gasteiger partial charge in [0.2, 0.25) is 5.02 Å². The number of anilines is 1. The molecule has 1 aliphatic heterocycles. The number of nitrogens with zero attached hydrogens (tertiary/aromatic N) is 4. The topological polar surface area (TPSA) is 102 Å². The van der Waals surface area contributed by atoms with E-state index in [1.807, 2.05) is 6.92 Å². The van der Waals surface area contributed by atoms with Crippen LogP contribution in [0.4, 0.5) is 10.6 Å². The van der Waals surface area contributed by atoms with Crippen LogP contribution < -0.4 is 14.5 Å². The first-order valence-electron chi connectivity index (χ1n) is 8.62. The van der Waals surface area contributed by atoms with Crippen LogP contribution >= 0.6 is 0 Å². The van der Waals surface area contributed by atoms with E-state index < -0.39 is 6.03 Å². The molecule has 2 aromatic heterocycles. The molecular formula is C17H22ClN5O4+2. The van der Waals surface area contributed by atoms with Gasteiger partial charge in [0, 0.05) is 26.1 Å². The predicted octanol–water partition coefficient (Wildman–Crippen LogP) is -0.601. The first-order chi connectivity index (χ1) is 13.0. The second kappa shape index (κ2) is 8.03. The third-order valence-electron chi connectivity index (χ3n) is 4.26. The van der Waals surface area contributed by atoms with Gasteiger partial charge in [-0.1, -0.05) is 0 Å². The molecule has 1 aliphatic rings. The van der Waals surface area contributed by atoms with E-state index in [0.717, 1.165) is 0 Å². The molecule has 0 saturated heterocycles. The number of rotatable bonds is 7. The Hall–Kier alpha value is -2.49. The van der Waals surface area contributed by atoms with E-state index in [1.54, 1.807) is 29.9 Å². The highest BCUT2D eigenvalue weighted by atomic mass is 35.5. The second-order valence-corrected chi connectivity index (χ2v) is 6.54. The number of carbonyl (C=O) groups is 2. The lowest BCUT2D eigenvalue weighted by molar-refractivity contribution is -0.724. The van der Waals surface area contributed by atoms with Crippen molar-refractivity contribution in [2.45, 2.75) is 19.9 Å². The van der Waals surface area contributed by atoms with Crippen molar-refractivity contribution < 1.29 is 35.9 Å². The third-order valence-corrected chi connectivity index (χ3v) is 4.50. The molecule has 9 nitrogen and oxygen atoms in total. The number of aliphatic hydroxyl groups excluding tert-OH is 1. The number of amides is 3.